The van der Waals surface area contributed by atoms with Crippen LogP contribution in [0.3, 0.4) is 0 Å². The molecule has 1 aliphatic heterocycles. The second-order valence-electron chi connectivity index (χ2n) is 6.81. The molecule has 1 amide bonds. The van der Waals surface area contributed by atoms with Gasteiger partial charge in [0.15, 0.2) is 0 Å². The van der Waals surface area contributed by atoms with Crippen LogP contribution >= 0.6 is 12.2 Å². The summed E-state index contributed by atoms with van der Waals surface area (Å²) >= 11 is 5.51. The van der Waals surface area contributed by atoms with Crippen LogP contribution < -0.4 is 0 Å². The number of benzene rings is 1. The Bertz CT molecular complexity index is 764. The summed E-state index contributed by atoms with van der Waals surface area (Å²) in [5.74, 6) is 0. The van der Waals surface area contributed by atoms with Crippen molar-refractivity contribution in [2.45, 2.75) is 6.61 Å². The fourth-order valence-electron chi connectivity index (χ4n) is 3.04. The predicted molar refractivity (Wildman–Crippen MR) is 113 cm³/mol. The van der Waals surface area contributed by atoms with E-state index in [2.05, 4.69) is 14.8 Å². The lowest BCUT2D eigenvalue weighted by Crippen LogP contribution is -2.50. The van der Waals surface area contributed by atoms with Crippen molar-refractivity contribution in [1.82, 2.24) is 19.7 Å². The van der Waals surface area contributed by atoms with Gasteiger partial charge in [0.25, 0.3) is 0 Å². The van der Waals surface area contributed by atoms with Gasteiger partial charge in [0.1, 0.15) is 11.6 Å². The third kappa shape index (κ3) is 5.74. The van der Waals surface area contributed by atoms with Gasteiger partial charge in [-0.05, 0) is 17.7 Å². The predicted octanol–water partition coefficient (Wildman–Crippen LogP) is 2.64. The van der Waals surface area contributed by atoms with Crippen LogP contribution in [-0.2, 0) is 11.3 Å². The van der Waals surface area contributed by atoms with Gasteiger partial charge in [-0.3, -0.25) is 9.88 Å². The van der Waals surface area contributed by atoms with Crippen LogP contribution in [0, 0.1) is 0 Å². The zero-order valence-corrected chi connectivity index (χ0v) is 17.0. The molecule has 0 aliphatic carbocycles. The van der Waals surface area contributed by atoms with Gasteiger partial charge in [-0.1, -0.05) is 48.6 Å². The van der Waals surface area contributed by atoms with Gasteiger partial charge >= 0.3 is 6.09 Å². The number of rotatable bonds is 6. The maximum atomic E-state index is 12.2. The Labute approximate surface area is 171 Å². The van der Waals surface area contributed by atoms with Crippen molar-refractivity contribution in [3.8, 4) is 0 Å². The summed E-state index contributed by atoms with van der Waals surface area (Å²) < 4.78 is 5.42. The zero-order chi connectivity index (χ0) is 19.8. The zero-order valence-electron chi connectivity index (χ0n) is 16.2. The number of hydrogen-bond acceptors (Lipinski definition) is 5. The first-order valence-corrected chi connectivity index (χ1v) is 9.89. The van der Waals surface area contributed by atoms with Crippen molar-refractivity contribution in [2.75, 3.05) is 46.3 Å². The maximum absolute atomic E-state index is 12.2. The van der Waals surface area contributed by atoms with Crippen LogP contribution in [0.1, 0.15) is 11.3 Å². The van der Waals surface area contributed by atoms with E-state index in [4.69, 9.17) is 17.0 Å². The molecule has 0 unspecified atom stereocenters. The fraction of sp³-hybridized carbons (Fsp3) is 0.381. The third-order valence-corrected chi connectivity index (χ3v) is 5.34. The second kappa shape index (κ2) is 10.1. The average molecular weight is 399 g/mol. The molecule has 0 spiro atoms. The van der Waals surface area contributed by atoms with Crippen molar-refractivity contribution >= 4 is 23.3 Å². The van der Waals surface area contributed by atoms with Crippen LogP contribution in [0.5, 0.6) is 0 Å². The summed E-state index contributed by atoms with van der Waals surface area (Å²) in [5, 5.41) is 0. The Morgan fingerprint density at radius 2 is 1.82 bits per heavy atom. The number of aromatic nitrogens is 1. The van der Waals surface area contributed by atoms with E-state index < -0.39 is 0 Å². The number of carbonyl (C=O) groups excluding carboxylic acids is 1. The van der Waals surface area contributed by atoms with Crippen LogP contribution in [-0.4, -0.2) is 77.1 Å². The van der Waals surface area contributed by atoms with Crippen molar-refractivity contribution < 1.29 is 9.53 Å². The largest absolute Gasteiger partial charge is 0.445 e. The van der Waals surface area contributed by atoms with Gasteiger partial charge in [-0.2, -0.15) is 0 Å². The molecule has 1 saturated heterocycles. The summed E-state index contributed by atoms with van der Waals surface area (Å²) in [7, 11) is 1.99. The van der Waals surface area contributed by atoms with E-state index in [-0.39, 0.29) is 6.09 Å². The number of thiocarbonyl (C=S) groups is 1. The van der Waals surface area contributed by atoms with Crippen molar-refractivity contribution in [3.05, 3.63) is 66.0 Å². The molecule has 7 heteroatoms. The molecule has 1 aliphatic rings. The lowest BCUT2D eigenvalue weighted by atomic mass is 10.2. The van der Waals surface area contributed by atoms with Crippen LogP contribution in [0.2, 0.25) is 0 Å². The van der Waals surface area contributed by atoms with E-state index in [0.29, 0.717) is 19.7 Å². The summed E-state index contributed by atoms with van der Waals surface area (Å²) in [6.07, 6.45) is 1.52. The number of likely N-dealkylation sites (N-methyl/N-ethyl adjacent to an activating group) is 1. The summed E-state index contributed by atoms with van der Waals surface area (Å²) in [5.41, 5.74) is 1.83. The van der Waals surface area contributed by atoms with Gasteiger partial charge in [0.2, 0.25) is 0 Å². The third-order valence-electron chi connectivity index (χ3n) is 4.82. The molecule has 3 rings (SSSR count). The van der Waals surface area contributed by atoms with E-state index in [9.17, 15) is 4.79 Å². The Morgan fingerprint density at radius 1 is 1.11 bits per heavy atom. The molecule has 2 heterocycles. The molecule has 1 fully saturated rings. The Hall–Kier alpha value is -2.51. The molecular weight excluding hydrogens is 372 g/mol. The minimum Gasteiger partial charge on any atom is -0.445 e. The van der Waals surface area contributed by atoms with E-state index >= 15 is 0 Å². The standard InChI is InChI=1S/C21H26N4O2S/c1-23(20(28)19-9-5-6-10-22-19)11-12-24-13-15-25(16-14-24)21(26)27-17-18-7-3-2-4-8-18/h2-10H,11-17H2,1H3. The van der Waals surface area contributed by atoms with Crippen molar-refractivity contribution in [2.24, 2.45) is 0 Å². The molecule has 0 atom stereocenters. The minimum atomic E-state index is -0.239. The van der Waals surface area contributed by atoms with Gasteiger partial charge < -0.3 is 14.5 Å². The SMILES string of the molecule is CN(CCN1CCN(C(=O)OCc2ccccc2)CC1)C(=S)c1ccccn1. The molecule has 0 bridgehead atoms. The topological polar surface area (TPSA) is 48.9 Å². The van der Waals surface area contributed by atoms with E-state index in [1.54, 1.807) is 11.1 Å². The Balaban J connectivity index is 1.37. The van der Waals surface area contributed by atoms with Crippen LogP contribution in [0.25, 0.3) is 0 Å². The molecule has 0 radical (unpaired) electrons. The number of nitrogens with zero attached hydrogens (tertiary/aromatic N) is 4. The van der Waals surface area contributed by atoms with Gasteiger partial charge in [-0.25, -0.2) is 4.79 Å². The fourth-order valence-corrected chi connectivity index (χ4v) is 3.25. The van der Waals surface area contributed by atoms with Crippen molar-refractivity contribution in [3.63, 3.8) is 0 Å². The minimum absolute atomic E-state index is 0.239. The molecule has 148 valence electrons. The van der Waals surface area contributed by atoms with Gasteiger partial charge in [-0.15, -0.1) is 0 Å². The molecule has 6 nitrogen and oxygen atoms in total. The van der Waals surface area contributed by atoms with Gasteiger partial charge in [0.05, 0.1) is 5.69 Å². The highest BCUT2D eigenvalue weighted by molar-refractivity contribution is 7.80. The lowest BCUT2D eigenvalue weighted by Gasteiger charge is -2.35. The first kappa shape index (κ1) is 20.2. The number of carbonyl (C=O) groups is 1. The molecule has 1 aromatic heterocycles. The molecule has 0 N–H and O–H groups in total. The number of amides is 1. The van der Waals surface area contributed by atoms with E-state index in [1.165, 1.54) is 0 Å². The Kier molecular flexibility index (Phi) is 7.33. The highest BCUT2D eigenvalue weighted by atomic mass is 32.1. The quantitative estimate of drug-likeness (QED) is 0.698. The average Bonchev–Trinajstić information content (AvgIpc) is 2.77. The highest BCUT2D eigenvalue weighted by Crippen LogP contribution is 2.08. The molecule has 1 aromatic carbocycles. The number of ether oxygens (including phenoxy) is 1. The van der Waals surface area contributed by atoms with E-state index in [1.807, 2.05) is 55.6 Å². The first-order valence-electron chi connectivity index (χ1n) is 9.48. The Morgan fingerprint density at radius 3 is 2.50 bits per heavy atom. The normalized spacial score (nSPS) is 14.5. The monoisotopic (exact) mass is 398 g/mol. The molecular formula is C21H26N4O2S. The number of pyridine rings is 1. The molecule has 28 heavy (non-hydrogen) atoms. The van der Waals surface area contributed by atoms with Crippen molar-refractivity contribution in [1.29, 1.82) is 0 Å². The highest BCUT2D eigenvalue weighted by Gasteiger charge is 2.22. The summed E-state index contributed by atoms with van der Waals surface area (Å²) in [6.45, 7) is 5.08. The number of hydrogen-bond donors (Lipinski definition) is 0. The first-order chi connectivity index (χ1) is 13.6. The van der Waals surface area contributed by atoms with E-state index in [0.717, 1.165) is 42.4 Å². The molecule has 0 saturated carbocycles. The van der Waals surface area contributed by atoms with Crippen LogP contribution in [0.4, 0.5) is 4.79 Å². The van der Waals surface area contributed by atoms with Crippen LogP contribution in [0.15, 0.2) is 54.7 Å². The summed E-state index contributed by atoms with van der Waals surface area (Å²) in [4.78, 5) is 23.5. The van der Waals surface area contributed by atoms with Gasteiger partial charge in [0, 0.05) is 52.5 Å². The second-order valence-corrected chi connectivity index (χ2v) is 7.20. The number of piperazine rings is 1. The maximum Gasteiger partial charge on any atom is 0.410 e. The summed E-state index contributed by atoms with van der Waals surface area (Å²) in [6, 6.07) is 15.5. The lowest BCUT2D eigenvalue weighted by molar-refractivity contribution is 0.0709. The smallest absolute Gasteiger partial charge is 0.410 e. The molecule has 2 aromatic rings.